The number of carbonyl (C=O) groups is 4. The van der Waals surface area contributed by atoms with E-state index in [1.165, 1.54) is 11.3 Å². The Hall–Kier alpha value is -2.42. The van der Waals surface area contributed by atoms with Crippen LogP contribution in [0.15, 0.2) is 17.5 Å². The van der Waals surface area contributed by atoms with E-state index in [1.807, 2.05) is 11.4 Å². The molecule has 26 heavy (non-hydrogen) atoms. The van der Waals surface area contributed by atoms with Crippen molar-refractivity contribution < 1.29 is 23.9 Å². The van der Waals surface area contributed by atoms with Gasteiger partial charge in [0.2, 0.25) is 0 Å². The monoisotopic (exact) mass is 379 g/mol. The summed E-state index contributed by atoms with van der Waals surface area (Å²) >= 11 is 1.40. The van der Waals surface area contributed by atoms with Crippen LogP contribution < -0.4 is 10.6 Å². The van der Waals surface area contributed by atoms with Crippen molar-refractivity contribution >= 4 is 35.2 Å². The summed E-state index contributed by atoms with van der Waals surface area (Å²) < 4.78 is 5.00. The van der Waals surface area contributed by atoms with Crippen LogP contribution in [-0.2, 0) is 14.3 Å². The molecule has 4 amide bonds. The van der Waals surface area contributed by atoms with Crippen molar-refractivity contribution in [3.05, 3.63) is 22.4 Å². The quantitative estimate of drug-likeness (QED) is 0.747. The highest BCUT2D eigenvalue weighted by Gasteiger charge is 2.29. The van der Waals surface area contributed by atoms with Gasteiger partial charge in [0.05, 0.1) is 10.8 Å². The molecular formula is C17H21N3O5S. The molecule has 1 aromatic heterocycles. The second-order valence-electron chi connectivity index (χ2n) is 6.45. The summed E-state index contributed by atoms with van der Waals surface area (Å²) in [5.41, 5.74) is 0. The Labute approximate surface area is 154 Å². The second kappa shape index (κ2) is 8.31. The molecule has 0 atom stereocenters. The summed E-state index contributed by atoms with van der Waals surface area (Å²) in [6.45, 7) is 0.476. The van der Waals surface area contributed by atoms with Gasteiger partial charge in [-0.05, 0) is 37.1 Å². The van der Waals surface area contributed by atoms with Crippen molar-refractivity contribution in [3.8, 4) is 0 Å². The minimum absolute atomic E-state index is 0.0205. The van der Waals surface area contributed by atoms with E-state index < -0.39 is 24.5 Å². The first-order valence-electron chi connectivity index (χ1n) is 8.62. The fraction of sp³-hybridized carbons (Fsp3) is 0.529. The normalized spacial score (nSPS) is 17.5. The maximum atomic E-state index is 12.3. The largest absolute Gasteiger partial charge is 0.455 e. The summed E-state index contributed by atoms with van der Waals surface area (Å²) in [7, 11) is 0. The Morgan fingerprint density at radius 2 is 1.88 bits per heavy atom. The third-order valence-electron chi connectivity index (χ3n) is 4.36. The third-order valence-corrected chi connectivity index (χ3v) is 5.22. The molecule has 1 aliphatic carbocycles. The Kier molecular flexibility index (Phi) is 5.87. The number of piperidine rings is 1. The highest BCUT2D eigenvalue weighted by atomic mass is 32.1. The summed E-state index contributed by atoms with van der Waals surface area (Å²) in [5.74, 6) is -1.48. The first-order chi connectivity index (χ1) is 12.5. The maximum Gasteiger partial charge on any atom is 0.321 e. The van der Waals surface area contributed by atoms with E-state index >= 15 is 0 Å². The van der Waals surface area contributed by atoms with E-state index in [0.29, 0.717) is 30.8 Å². The molecule has 1 saturated heterocycles. The first-order valence-corrected chi connectivity index (χ1v) is 9.50. The molecule has 9 heteroatoms. The molecule has 1 saturated carbocycles. The standard InChI is InChI=1S/C17H21N3O5S/c21-14(19-17(24)18-12-3-4-12)10-25-16(23)11-5-7-20(8-6-11)15(22)13-2-1-9-26-13/h1-2,9,11-12H,3-8,10H2,(H2,18,19,21,24). The van der Waals surface area contributed by atoms with Crippen LogP contribution in [0.4, 0.5) is 4.79 Å². The third kappa shape index (κ3) is 5.04. The molecule has 0 unspecified atom stereocenters. The number of amides is 4. The lowest BCUT2D eigenvalue weighted by atomic mass is 9.97. The van der Waals surface area contributed by atoms with Crippen molar-refractivity contribution in [2.45, 2.75) is 31.7 Å². The van der Waals surface area contributed by atoms with Gasteiger partial charge in [0, 0.05) is 19.1 Å². The summed E-state index contributed by atoms with van der Waals surface area (Å²) in [6.07, 6.45) is 2.84. The van der Waals surface area contributed by atoms with Gasteiger partial charge in [-0.25, -0.2) is 4.79 Å². The molecule has 2 fully saturated rings. The molecule has 2 N–H and O–H groups in total. The van der Waals surface area contributed by atoms with Gasteiger partial charge in [-0.1, -0.05) is 6.07 Å². The molecule has 1 aromatic rings. The topological polar surface area (TPSA) is 105 Å². The molecule has 140 valence electrons. The van der Waals surface area contributed by atoms with Crippen molar-refractivity contribution in [2.75, 3.05) is 19.7 Å². The van der Waals surface area contributed by atoms with Gasteiger partial charge < -0.3 is 15.0 Å². The maximum absolute atomic E-state index is 12.3. The van der Waals surface area contributed by atoms with Gasteiger partial charge in [-0.15, -0.1) is 11.3 Å². The first kappa shape index (κ1) is 18.4. The average Bonchev–Trinajstić information content (AvgIpc) is 3.27. The predicted molar refractivity (Wildman–Crippen MR) is 93.6 cm³/mol. The molecule has 0 bridgehead atoms. The number of urea groups is 1. The predicted octanol–water partition coefficient (Wildman–Crippen LogP) is 1.13. The Morgan fingerprint density at radius 3 is 2.50 bits per heavy atom. The van der Waals surface area contributed by atoms with Crippen LogP contribution >= 0.6 is 11.3 Å². The van der Waals surface area contributed by atoms with Gasteiger partial charge in [-0.2, -0.15) is 0 Å². The molecule has 0 aromatic carbocycles. The highest BCUT2D eigenvalue weighted by Crippen LogP contribution is 2.21. The van der Waals surface area contributed by atoms with Gasteiger partial charge in [0.1, 0.15) is 0 Å². The number of nitrogens with zero attached hydrogens (tertiary/aromatic N) is 1. The second-order valence-corrected chi connectivity index (χ2v) is 7.40. The number of nitrogens with one attached hydrogen (secondary N) is 2. The van der Waals surface area contributed by atoms with E-state index in [2.05, 4.69) is 10.6 Å². The van der Waals surface area contributed by atoms with Gasteiger partial charge in [0.25, 0.3) is 11.8 Å². The van der Waals surface area contributed by atoms with Crippen LogP contribution in [0.2, 0.25) is 0 Å². The minimum atomic E-state index is -0.651. The highest BCUT2D eigenvalue weighted by molar-refractivity contribution is 7.12. The fourth-order valence-corrected chi connectivity index (χ4v) is 3.43. The van der Waals surface area contributed by atoms with Crippen molar-refractivity contribution in [1.29, 1.82) is 0 Å². The zero-order chi connectivity index (χ0) is 18.5. The Morgan fingerprint density at radius 1 is 1.15 bits per heavy atom. The molecule has 0 radical (unpaired) electrons. The van der Waals surface area contributed by atoms with Crippen LogP contribution in [-0.4, -0.2) is 54.5 Å². The molecule has 8 nitrogen and oxygen atoms in total. The van der Waals surface area contributed by atoms with Crippen molar-refractivity contribution in [3.63, 3.8) is 0 Å². The van der Waals surface area contributed by atoms with Crippen LogP contribution in [0.3, 0.4) is 0 Å². The van der Waals surface area contributed by atoms with E-state index in [0.717, 1.165) is 12.8 Å². The van der Waals surface area contributed by atoms with Crippen molar-refractivity contribution in [2.24, 2.45) is 5.92 Å². The number of hydrogen-bond acceptors (Lipinski definition) is 6. The van der Waals surface area contributed by atoms with E-state index in [1.54, 1.807) is 11.0 Å². The minimum Gasteiger partial charge on any atom is -0.455 e. The Balaban J connectivity index is 1.36. The summed E-state index contributed by atoms with van der Waals surface area (Å²) in [5, 5.41) is 6.60. The van der Waals surface area contributed by atoms with Crippen LogP contribution in [0.5, 0.6) is 0 Å². The van der Waals surface area contributed by atoms with Crippen LogP contribution in [0.1, 0.15) is 35.4 Å². The average molecular weight is 379 g/mol. The molecule has 2 aliphatic rings. The lowest BCUT2D eigenvalue weighted by Gasteiger charge is -2.30. The SMILES string of the molecule is O=C(COC(=O)C1CCN(C(=O)c2cccs2)CC1)NC(=O)NC1CC1. The molecule has 3 rings (SSSR count). The lowest BCUT2D eigenvalue weighted by Crippen LogP contribution is -2.43. The lowest BCUT2D eigenvalue weighted by molar-refractivity contribution is -0.153. The number of rotatable bonds is 5. The molecule has 0 spiro atoms. The van der Waals surface area contributed by atoms with Crippen molar-refractivity contribution in [1.82, 2.24) is 15.5 Å². The Bertz CT molecular complexity index is 679. The number of esters is 1. The van der Waals surface area contributed by atoms with E-state index in [9.17, 15) is 19.2 Å². The summed E-state index contributed by atoms with van der Waals surface area (Å²) in [4.78, 5) is 49.8. The number of likely N-dealkylation sites (tertiary alicyclic amines) is 1. The van der Waals surface area contributed by atoms with Crippen LogP contribution in [0.25, 0.3) is 0 Å². The number of carbonyl (C=O) groups excluding carboxylic acids is 4. The smallest absolute Gasteiger partial charge is 0.321 e. The molecular weight excluding hydrogens is 358 g/mol. The zero-order valence-electron chi connectivity index (χ0n) is 14.2. The van der Waals surface area contributed by atoms with E-state index in [4.69, 9.17) is 4.74 Å². The van der Waals surface area contributed by atoms with Gasteiger partial charge >= 0.3 is 12.0 Å². The molecule has 2 heterocycles. The number of imide groups is 1. The fourth-order valence-electron chi connectivity index (χ4n) is 2.74. The number of hydrogen-bond donors (Lipinski definition) is 2. The number of ether oxygens (including phenoxy) is 1. The molecule has 1 aliphatic heterocycles. The summed E-state index contributed by atoms with van der Waals surface area (Å²) in [6, 6.07) is 3.20. The van der Waals surface area contributed by atoms with Crippen LogP contribution in [0, 0.1) is 5.92 Å². The van der Waals surface area contributed by atoms with E-state index in [-0.39, 0.29) is 17.9 Å². The zero-order valence-corrected chi connectivity index (χ0v) is 15.0. The number of thiophene rings is 1. The van der Waals surface area contributed by atoms with Gasteiger partial charge in [0.15, 0.2) is 6.61 Å². The van der Waals surface area contributed by atoms with Gasteiger partial charge in [-0.3, -0.25) is 19.7 Å².